The van der Waals surface area contributed by atoms with Crippen LogP contribution in [0.3, 0.4) is 0 Å². The Bertz CT molecular complexity index is 254. The fourth-order valence-electron chi connectivity index (χ4n) is 2.61. The maximum absolute atomic E-state index is 12.7. The van der Waals surface area contributed by atoms with E-state index in [0.717, 1.165) is 26.2 Å². The Morgan fingerprint density at radius 3 is 2.47 bits per heavy atom. The Morgan fingerprint density at radius 1 is 1.21 bits per heavy atom. The van der Waals surface area contributed by atoms with Gasteiger partial charge in [-0.25, -0.2) is 0 Å². The number of likely N-dealkylation sites (tertiary alicyclic amines) is 1. The van der Waals surface area contributed by atoms with Crippen LogP contribution >= 0.6 is 0 Å². The maximum Gasteiger partial charge on any atom is 0.393 e. The Morgan fingerprint density at radius 2 is 1.89 bits per heavy atom. The molecule has 5 heteroatoms. The van der Waals surface area contributed by atoms with Crippen LogP contribution in [-0.2, 0) is 0 Å². The molecular formula is C14H27F3N2. The van der Waals surface area contributed by atoms with Crippen molar-refractivity contribution in [1.29, 1.82) is 0 Å². The highest BCUT2D eigenvalue weighted by molar-refractivity contribution is 4.79. The number of rotatable bonds is 6. The molecule has 0 bridgehead atoms. The van der Waals surface area contributed by atoms with Gasteiger partial charge in [0.05, 0.1) is 5.92 Å². The average molecular weight is 280 g/mol. The molecule has 0 amide bonds. The van der Waals surface area contributed by atoms with Gasteiger partial charge in [0.25, 0.3) is 0 Å². The van der Waals surface area contributed by atoms with Gasteiger partial charge in [-0.2, -0.15) is 13.2 Å². The summed E-state index contributed by atoms with van der Waals surface area (Å²) >= 11 is 0. The molecule has 2 atom stereocenters. The van der Waals surface area contributed by atoms with Crippen LogP contribution in [-0.4, -0.2) is 43.8 Å². The van der Waals surface area contributed by atoms with Crippen LogP contribution in [0.1, 0.15) is 33.6 Å². The third-order valence-corrected chi connectivity index (χ3v) is 3.58. The Balaban J connectivity index is 2.28. The molecule has 1 aliphatic heterocycles. The number of alkyl halides is 3. The molecule has 0 aliphatic carbocycles. The van der Waals surface area contributed by atoms with Gasteiger partial charge in [-0.3, -0.25) is 0 Å². The van der Waals surface area contributed by atoms with Crippen molar-refractivity contribution >= 4 is 0 Å². The van der Waals surface area contributed by atoms with E-state index in [1.807, 2.05) is 4.90 Å². The molecule has 1 saturated heterocycles. The smallest absolute Gasteiger partial charge is 0.316 e. The number of halogens is 3. The molecule has 0 aromatic rings. The summed E-state index contributed by atoms with van der Waals surface area (Å²) in [7, 11) is 0. The zero-order chi connectivity index (χ0) is 14.5. The first-order valence-corrected chi connectivity index (χ1v) is 7.28. The first kappa shape index (κ1) is 16.8. The Labute approximate surface area is 114 Å². The summed E-state index contributed by atoms with van der Waals surface area (Å²) in [6.45, 7) is 9.99. The molecule has 2 unspecified atom stereocenters. The van der Waals surface area contributed by atoms with Gasteiger partial charge in [-0.05, 0) is 44.3 Å². The molecule has 0 saturated carbocycles. The van der Waals surface area contributed by atoms with Crippen LogP contribution in [0.15, 0.2) is 0 Å². The number of nitrogens with zero attached hydrogens (tertiary/aromatic N) is 1. The van der Waals surface area contributed by atoms with Gasteiger partial charge in [-0.1, -0.05) is 20.8 Å². The molecule has 19 heavy (non-hydrogen) atoms. The molecule has 2 nitrogen and oxygen atoms in total. The minimum Gasteiger partial charge on any atom is -0.316 e. The van der Waals surface area contributed by atoms with E-state index in [1.54, 1.807) is 0 Å². The lowest BCUT2D eigenvalue weighted by Crippen LogP contribution is -2.44. The molecule has 1 rings (SSSR count). The van der Waals surface area contributed by atoms with Crippen molar-refractivity contribution in [3.8, 4) is 0 Å². The summed E-state index contributed by atoms with van der Waals surface area (Å²) < 4.78 is 38.1. The largest absolute Gasteiger partial charge is 0.393 e. The fourth-order valence-corrected chi connectivity index (χ4v) is 2.61. The molecule has 1 aliphatic rings. The molecule has 0 aromatic carbocycles. The monoisotopic (exact) mass is 280 g/mol. The molecule has 1 N–H and O–H groups in total. The van der Waals surface area contributed by atoms with Crippen molar-refractivity contribution in [2.75, 3.05) is 32.7 Å². The lowest BCUT2D eigenvalue weighted by Gasteiger charge is -2.35. The second-order valence-electron chi connectivity index (χ2n) is 6.30. The topological polar surface area (TPSA) is 15.3 Å². The zero-order valence-electron chi connectivity index (χ0n) is 12.3. The van der Waals surface area contributed by atoms with Crippen LogP contribution < -0.4 is 5.32 Å². The van der Waals surface area contributed by atoms with E-state index in [9.17, 15) is 13.2 Å². The lowest BCUT2D eigenvalue weighted by molar-refractivity contribution is -0.187. The first-order valence-electron chi connectivity index (χ1n) is 7.28. The average Bonchev–Trinajstić information content (AvgIpc) is 2.27. The molecule has 0 spiro atoms. The quantitative estimate of drug-likeness (QED) is 0.804. The molecular weight excluding hydrogens is 253 g/mol. The van der Waals surface area contributed by atoms with Crippen molar-refractivity contribution in [3.05, 3.63) is 0 Å². The minimum absolute atomic E-state index is 0.179. The van der Waals surface area contributed by atoms with Gasteiger partial charge in [0.15, 0.2) is 0 Å². The normalized spacial score (nSPS) is 23.8. The number of piperidine rings is 1. The summed E-state index contributed by atoms with van der Waals surface area (Å²) in [5, 5.41) is 3.37. The van der Waals surface area contributed by atoms with Crippen LogP contribution in [0, 0.1) is 17.8 Å². The molecule has 0 radical (unpaired) electrons. The number of nitrogens with one attached hydrogen (secondary N) is 1. The van der Waals surface area contributed by atoms with Crippen molar-refractivity contribution < 1.29 is 13.2 Å². The van der Waals surface area contributed by atoms with Crippen LogP contribution in [0.25, 0.3) is 0 Å². The van der Waals surface area contributed by atoms with Gasteiger partial charge in [0, 0.05) is 13.1 Å². The van der Waals surface area contributed by atoms with E-state index in [1.165, 1.54) is 0 Å². The van der Waals surface area contributed by atoms with Crippen LogP contribution in [0.2, 0.25) is 0 Å². The summed E-state index contributed by atoms with van der Waals surface area (Å²) in [5.41, 5.74) is 0. The predicted molar refractivity (Wildman–Crippen MR) is 72.1 cm³/mol. The third kappa shape index (κ3) is 6.61. The van der Waals surface area contributed by atoms with Crippen LogP contribution in [0.5, 0.6) is 0 Å². The highest BCUT2D eigenvalue weighted by Gasteiger charge is 2.41. The summed E-state index contributed by atoms with van der Waals surface area (Å²) in [6.07, 6.45) is -3.08. The van der Waals surface area contributed by atoms with Gasteiger partial charge in [0.2, 0.25) is 0 Å². The molecule has 0 aromatic heterocycles. The molecule has 1 heterocycles. The van der Waals surface area contributed by atoms with Gasteiger partial charge >= 0.3 is 6.18 Å². The molecule has 114 valence electrons. The summed E-state index contributed by atoms with van der Waals surface area (Å²) in [4.78, 5) is 1.98. The van der Waals surface area contributed by atoms with E-state index >= 15 is 0 Å². The highest BCUT2D eigenvalue weighted by Crippen LogP contribution is 2.33. The lowest BCUT2D eigenvalue weighted by atomic mass is 9.96. The minimum atomic E-state index is -4.03. The number of hydrogen-bond donors (Lipinski definition) is 1. The van der Waals surface area contributed by atoms with Crippen LogP contribution in [0.4, 0.5) is 13.2 Å². The third-order valence-electron chi connectivity index (χ3n) is 3.58. The van der Waals surface area contributed by atoms with Crippen molar-refractivity contribution in [3.63, 3.8) is 0 Å². The van der Waals surface area contributed by atoms with Gasteiger partial charge in [0.1, 0.15) is 0 Å². The number of hydrogen-bond acceptors (Lipinski definition) is 2. The Kier molecular flexibility index (Phi) is 6.60. The van der Waals surface area contributed by atoms with E-state index in [0.29, 0.717) is 24.7 Å². The van der Waals surface area contributed by atoms with Gasteiger partial charge < -0.3 is 10.2 Å². The van der Waals surface area contributed by atoms with E-state index in [4.69, 9.17) is 0 Å². The summed E-state index contributed by atoms with van der Waals surface area (Å²) in [5.74, 6) is -0.125. The molecule has 1 fully saturated rings. The van der Waals surface area contributed by atoms with Gasteiger partial charge in [-0.15, -0.1) is 0 Å². The van der Waals surface area contributed by atoms with Crippen molar-refractivity contribution in [1.82, 2.24) is 10.2 Å². The highest BCUT2D eigenvalue weighted by atomic mass is 19.4. The van der Waals surface area contributed by atoms with E-state index in [2.05, 4.69) is 26.1 Å². The zero-order valence-corrected chi connectivity index (χ0v) is 12.3. The van der Waals surface area contributed by atoms with E-state index in [-0.39, 0.29) is 6.54 Å². The predicted octanol–water partition coefficient (Wildman–Crippen LogP) is 3.14. The second-order valence-corrected chi connectivity index (χ2v) is 6.30. The Hall–Kier alpha value is -0.290. The van der Waals surface area contributed by atoms with E-state index < -0.39 is 12.1 Å². The SMILES string of the molecule is CC(C)CNCC(C)CN1CCCC(C(F)(F)F)C1. The van der Waals surface area contributed by atoms with Crippen molar-refractivity contribution in [2.24, 2.45) is 17.8 Å². The standard InChI is InChI=1S/C14H27F3N2/c1-11(2)7-18-8-12(3)9-19-6-4-5-13(10-19)14(15,16)17/h11-13,18H,4-10H2,1-3H3. The second kappa shape index (κ2) is 7.48. The fraction of sp³-hybridized carbons (Fsp3) is 1.00. The first-order chi connectivity index (χ1) is 8.79. The summed E-state index contributed by atoms with van der Waals surface area (Å²) in [6, 6.07) is 0. The maximum atomic E-state index is 12.7. The van der Waals surface area contributed by atoms with Crippen molar-refractivity contribution in [2.45, 2.75) is 39.8 Å².